The molecule has 0 spiro atoms. The van der Waals surface area contributed by atoms with E-state index in [0.717, 1.165) is 131 Å². The van der Waals surface area contributed by atoms with E-state index >= 15 is 0 Å². The van der Waals surface area contributed by atoms with Gasteiger partial charge in [0.25, 0.3) is 26.3 Å². The van der Waals surface area contributed by atoms with Crippen LogP contribution in [0.5, 0.6) is 5.75 Å². The maximum atomic E-state index is 12.9. The number of carbonyl (C=O) groups is 1. The lowest BCUT2D eigenvalue weighted by atomic mass is 9.99. The summed E-state index contributed by atoms with van der Waals surface area (Å²) in [6.07, 6.45) is 17.1. The van der Waals surface area contributed by atoms with Gasteiger partial charge in [0.1, 0.15) is 5.75 Å². The SMILES string of the molecule is CC(c1cc(S(=O)(=O)NC(=O)Nc2c3c(cc4c2CCC4)CCC3)nn1C)N1CCC1.CC(c1cc(S(N)(=O)=O)nn1C)N1CCC1.N#COc1c2c(cc3c1CCC3)CCC2. The predicted molar refractivity (Wildman–Crippen MR) is 234 cm³/mol. The number of urea groups is 1. The summed E-state index contributed by atoms with van der Waals surface area (Å²) in [6.45, 7) is 8.20. The number of aromatic nitrogens is 4. The average Bonchev–Trinajstić information content (AvgIpc) is 4.02. The molecule has 2 aromatic carbocycles. The largest absolute Gasteiger partial charge is 0.387 e. The molecule has 2 saturated heterocycles. The normalized spacial score (nSPS) is 18.6. The summed E-state index contributed by atoms with van der Waals surface area (Å²) in [4.78, 5) is 17.3. The molecule has 10 rings (SSSR count). The van der Waals surface area contributed by atoms with E-state index in [9.17, 15) is 21.6 Å². The Balaban J connectivity index is 0.000000143. The number of nitrogens with one attached hydrogen (secondary N) is 2. The van der Waals surface area contributed by atoms with Gasteiger partial charge < -0.3 is 10.1 Å². The second-order valence-corrected chi connectivity index (χ2v) is 20.6. The van der Waals surface area contributed by atoms with E-state index in [-0.39, 0.29) is 22.1 Å². The molecule has 2 aromatic heterocycles. The van der Waals surface area contributed by atoms with Gasteiger partial charge in [0.15, 0.2) is 10.1 Å². The molecule has 2 aliphatic heterocycles. The first-order chi connectivity index (χ1) is 29.6. The molecule has 332 valence electrons. The van der Waals surface area contributed by atoms with Gasteiger partial charge in [-0.3, -0.25) is 19.2 Å². The predicted octanol–water partition coefficient (Wildman–Crippen LogP) is 5.03. The molecule has 2 amide bonds. The van der Waals surface area contributed by atoms with Gasteiger partial charge in [-0.15, -0.1) is 5.26 Å². The van der Waals surface area contributed by atoms with Crippen molar-refractivity contribution in [2.24, 2.45) is 19.2 Å². The standard InChI is InChI=1S/C22H29N5O3S.C13H13NO.C9H16N4O2S/c1-14(27-10-5-11-27)19-13-20(24-26(19)2)31(29,30)25-22(28)23-21-17-8-3-6-15(17)12-16-7-4-9-18(16)21;14-8-15-13-11-5-1-3-9(11)7-10-4-2-6-12(10)13;1-7(13-4-3-5-13)8-6-9(11-12(8)2)16(10,14)15/h12-14H,3-11H2,1-2H3,(H2,23,25,28);7H,1-6H2;6-7H,3-5H2,1-2H3,(H2,10,14,15). The Bertz CT molecular complexity index is 2580. The van der Waals surface area contributed by atoms with Gasteiger partial charge in [-0.2, -0.15) is 18.6 Å². The van der Waals surface area contributed by atoms with Gasteiger partial charge in [-0.05, 0) is 148 Å². The molecule has 62 heavy (non-hydrogen) atoms. The summed E-state index contributed by atoms with van der Waals surface area (Å²) in [5.41, 5.74) is 12.9. The third kappa shape index (κ3) is 8.87. The number of benzene rings is 2. The molecule has 4 N–H and O–H groups in total. The zero-order valence-corrected chi connectivity index (χ0v) is 37.8. The molecule has 18 heteroatoms. The fourth-order valence-electron chi connectivity index (χ4n) is 10.0. The van der Waals surface area contributed by atoms with Crippen molar-refractivity contribution in [3.05, 3.63) is 80.2 Å². The van der Waals surface area contributed by atoms with E-state index in [2.05, 4.69) is 42.2 Å². The molecule has 2 atom stereocenters. The van der Waals surface area contributed by atoms with Gasteiger partial charge in [0, 0.05) is 70.2 Å². The second-order valence-electron chi connectivity index (χ2n) is 17.4. The summed E-state index contributed by atoms with van der Waals surface area (Å²) >= 11 is 0. The van der Waals surface area contributed by atoms with Crippen LogP contribution in [0.1, 0.15) is 120 Å². The van der Waals surface area contributed by atoms with Crippen molar-refractivity contribution < 1.29 is 26.4 Å². The Morgan fingerprint density at radius 1 is 0.677 bits per heavy atom. The van der Waals surface area contributed by atoms with Crippen LogP contribution < -0.4 is 19.9 Å². The van der Waals surface area contributed by atoms with Crippen LogP contribution in [-0.2, 0) is 85.5 Å². The smallest absolute Gasteiger partial charge is 0.333 e. The molecule has 0 saturated carbocycles. The van der Waals surface area contributed by atoms with E-state index in [1.54, 1.807) is 35.6 Å². The lowest BCUT2D eigenvalue weighted by Crippen LogP contribution is -2.39. The van der Waals surface area contributed by atoms with Gasteiger partial charge in [-0.25, -0.2) is 23.1 Å². The van der Waals surface area contributed by atoms with Gasteiger partial charge in [0.2, 0.25) is 0 Å². The molecule has 2 fully saturated rings. The number of fused-ring (bicyclic) bond motifs is 4. The van der Waals surface area contributed by atoms with Crippen LogP contribution in [0.15, 0.2) is 34.3 Å². The van der Waals surface area contributed by atoms with E-state index in [1.807, 2.05) is 20.1 Å². The number of likely N-dealkylation sites (tertiary alicyclic amines) is 2. The second kappa shape index (κ2) is 17.8. The first kappa shape index (κ1) is 43.8. The van der Waals surface area contributed by atoms with Crippen LogP contribution in [0.25, 0.3) is 0 Å². The summed E-state index contributed by atoms with van der Waals surface area (Å²) in [7, 11) is -4.30. The number of amides is 2. The van der Waals surface area contributed by atoms with Crippen LogP contribution in [0.2, 0.25) is 0 Å². The van der Waals surface area contributed by atoms with Crippen molar-refractivity contribution in [3.8, 4) is 12.0 Å². The molecule has 16 nitrogen and oxygen atoms in total. The fraction of sp³-hybridized carbons (Fsp3) is 0.545. The van der Waals surface area contributed by atoms with Gasteiger partial charge in [-0.1, -0.05) is 12.1 Å². The highest BCUT2D eigenvalue weighted by atomic mass is 32.2. The number of carbonyl (C=O) groups excluding carboxylic acids is 1. The number of nitrogens with two attached hydrogens (primary N) is 1. The monoisotopic (exact) mass is 886 g/mol. The molecule has 0 radical (unpaired) electrons. The van der Waals surface area contributed by atoms with Gasteiger partial charge in [0.05, 0.1) is 11.4 Å². The van der Waals surface area contributed by atoms with Crippen molar-refractivity contribution in [2.45, 2.75) is 126 Å². The molecular weight excluding hydrogens is 829 g/mol. The number of hydrogen-bond acceptors (Lipinski definition) is 11. The molecule has 4 aliphatic carbocycles. The maximum absolute atomic E-state index is 12.9. The Morgan fingerprint density at radius 2 is 1.10 bits per heavy atom. The Morgan fingerprint density at radius 3 is 1.50 bits per heavy atom. The topological polar surface area (TPSA) is 211 Å². The van der Waals surface area contributed by atoms with E-state index in [1.165, 1.54) is 52.6 Å². The number of nitrogens with zero attached hydrogens (tertiary/aromatic N) is 7. The lowest BCUT2D eigenvalue weighted by Gasteiger charge is -2.36. The van der Waals surface area contributed by atoms with Crippen molar-refractivity contribution >= 4 is 31.8 Å². The van der Waals surface area contributed by atoms with Crippen LogP contribution in [-0.4, -0.2) is 78.4 Å². The number of anilines is 1. The number of nitriles is 1. The van der Waals surface area contributed by atoms with Crippen molar-refractivity contribution in [2.75, 3.05) is 31.5 Å². The molecule has 4 aromatic rings. The number of hydrogen-bond donors (Lipinski definition) is 3. The van der Waals surface area contributed by atoms with Crippen molar-refractivity contribution in [1.82, 2.24) is 34.1 Å². The molecule has 6 aliphatic rings. The lowest BCUT2D eigenvalue weighted by molar-refractivity contribution is 0.123. The van der Waals surface area contributed by atoms with Crippen LogP contribution in [0.3, 0.4) is 0 Å². The molecule has 2 unspecified atom stereocenters. The fourth-order valence-corrected chi connectivity index (χ4v) is 11.4. The van der Waals surface area contributed by atoms with Crippen molar-refractivity contribution in [3.63, 3.8) is 0 Å². The molecule has 4 heterocycles. The third-order valence-electron chi connectivity index (χ3n) is 13.6. The van der Waals surface area contributed by atoms with Gasteiger partial charge >= 0.3 is 6.03 Å². The number of ether oxygens (including phenoxy) is 1. The Labute approximate surface area is 364 Å². The highest BCUT2D eigenvalue weighted by molar-refractivity contribution is 7.90. The maximum Gasteiger partial charge on any atom is 0.333 e. The number of aryl methyl sites for hydroxylation is 6. The van der Waals surface area contributed by atoms with E-state index < -0.39 is 26.1 Å². The molecular formula is C44H58N10O6S2. The molecule has 0 bridgehead atoms. The number of primary sulfonamides is 1. The third-order valence-corrected chi connectivity index (χ3v) is 15.6. The van der Waals surface area contributed by atoms with Crippen molar-refractivity contribution in [1.29, 1.82) is 5.26 Å². The number of sulfonamides is 2. The zero-order chi connectivity index (χ0) is 43.9. The van der Waals surface area contributed by atoms with Crippen LogP contribution in [0, 0.1) is 11.5 Å². The zero-order valence-electron chi connectivity index (χ0n) is 36.2. The quantitative estimate of drug-likeness (QED) is 0.190. The Kier molecular flexibility index (Phi) is 12.6. The summed E-state index contributed by atoms with van der Waals surface area (Å²) in [5.74, 6) is 0.903. The minimum absolute atomic E-state index is 0.0580. The average molecular weight is 887 g/mol. The van der Waals surface area contributed by atoms with E-state index in [0.29, 0.717) is 0 Å². The van der Waals surface area contributed by atoms with Crippen LogP contribution in [0.4, 0.5) is 10.5 Å². The minimum atomic E-state index is -4.07. The summed E-state index contributed by atoms with van der Waals surface area (Å²) < 4.78 is 58.6. The van der Waals surface area contributed by atoms with E-state index in [4.69, 9.17) is 15.1 Å². The number of rotatable bonds is 9. The first-order valence-corrected chi connectivity index (χ1v) is 25.0. The first-order valence-electron chi connectivity index (χ1n) is 21.9. The minimum Gasteiger partial charge on any atom is -0.387 e. The van der Waals surface area contributed by atoms with Crippen LogP contribution >= 0.6 is 0 Å². The summed E-state index contributed by atoms with van der Waals surface area (Å²) in [6, 6.07) is 7.28. The summed E-state index contributed by atoms with van der Waals surface area (Å²) in [5, 5.41) is 24.5. The highest BCUT2D eigenvalue weighted by Gasteiger charge is 2.31. The highest BCUT2D eigenvalue weighted by Crippen LogP contribution is 2.41. The Hall–Kier alpha value is -4.80.